The average molecular weight is 294 g/mol. The highest BCUT2D eigenvalue weighted by atomic mass is 32.2. The second-order valence-corrected chi connectivity index (χ2v) is 6.24. The molecule has 6 heteroatoms. The average Bonchev–Trinajstić information content (AvgIpc) is 2.35. The lowest BCUT2D eigenvalue weighted by Crippen LogP contribution is -2.16. The van der Waals surface area contributed by atoms with E-state index in [0.717, 1.165) is 0 Å². The molecule has 0 spiro atoms. The van der Waals surface area contributed by atoms with E-state index in [1.165, 1.54) is 18.2 Å². The quantitative estimate of drug-likeness (QED) is 0.851. The maximum absolute atomic E-state index is 13.0. The Labute approximate surface area is 117 Å². The molecule has 20 heavy (non-hydrogen) atoms. The number of sulfonamides is 1. The largest absolute Gasteiger partial charge is 0.398 e. The minimum Gasteiger partial charge on any atom is -0.398 e. The van der Waals surface area contributed by atoms with Crippen molar-refractivity contribution in [1.82, 2.24) is 0 Å². The van der Waals surface area contributed by atoms with Gasteiger partial charge >= 0.3 is 0 Å². The number of anilines is 2. The Morgan fingerprint density at radius 1 is 1.20 bits per heavy atom. The second kappa shape index (κ2) is 5.50. The Bertz CT molecular complexity index is 730. The van der Waals surface area contributed by atoms with E-state index in [1.54, 1.807) is 31.2 Å². The normalized spacial score (nSPS) is 11.3. The zero-order chi connectivity index (χ0) is 14.8. The van der Waals surface area contributed by atoms with Crippen LogP contribution in [0.3, 0.4) is 0 Å². The van der Waals surface area contributed by atoms with Crippen LogP contribution in [0.15, 0.2) is 42.5 Å². The molecule has 0 saturated heterocycles. The third-order valence-corrected chi connectivity index (χ3v) is 4.08. The molecule has 0 radical (unpaired) electrons. The Kier molecular flexibility index (Phi) is 3.94. The van der Waals surface area contributed by atoms with Crippen LogP contribution in [0, 0.1) is 12.7 Å². The van der Waals surface area contributed by atoms with Gasteiger partial charge in [0, 0.05) is 5.69 Å². The molecule has 2 rings (SSSR count). The molecule has 0 aromatic heterocycles. The molecular weight excluding hydrogens is 279 g/mol. The standard InChI is InChI=1S/C14H15FN2O2S/c1-10-8-12(15)6-7-14(10)17-20(18,19)9-11-4-2-3-5-13(11)16/h2-8,17H,9,16H2,1H3. The summed E-state index contributed by atoms with van der Waals surface area (Å²) < 4.78 is 39.6. The maximum Gasteiger partial charge on any atom is 0.237 e. The lowest BCUT2D eigenvalue weighted by molar-refractivity contribution is 0.600. The fourth-order valence-corrected chi connectivity index (χ4v) is 3.12. The maximum atomic E-state index is 13.0. The van der Waals surface area contributed by atoms with Crippen molar-refractivity contribution in [2.75, 3.05) is 10.5 Å². The number of hydrogen-bond donors (Lipinski definition) is 2. The van der Waals surface area contributed by atoms with Gasteiger partial charge < -0.3 is 5.73 Å². The number of aryl methyl sites for hydroxylation is 1. The van der Waals surface area contributed by atoms with E-state index in [-0.39, 0.29) is 5.75 Å². The van der Waals surface area contributed by atoms with Crippen molar-refractivity contribution in [1.29, 1.82) is 0 Å². The molecule has 0 fully saturated rings. The van der Waals surface area contributed by atoms with E-state index in [0.29, 0.717) is 22.5 Å². The highest BCUT2D eigenvalue weighted by molar-refractivity contribution is 7.91. The first-order valence-corrected chi connectivity index (χ1v) is 7.62. The van der Waals surface area contributed by atoms with Crippen LogP contribution in [0.2, 0.25) is 0 Å². The Morgan fingerprint density at radius 2 is 1.90 bits per heavy atom. The first kappa shape index (κ1) is 14.3. The summed E-state index contributed by atoms with van der Waals surface area (Å²) in [6.45, 7) is 1.64. The van der Waals surface area contributed by atoms with Gasteiger partial charge in [0.15, 0.2) is 0 Å². The summed E-state index contributed by atoms with van der Waals surface area (Å²) in [5.41, 5.74) is 7.57. The summed E-state index contributed by atoms with van der Waals surface area (Å²) in [5, 5.41) is 0. The van der Waals surface area contributed by atoms with Crippen molar-refractivity contribution in [2.45, 2.75) is 12.7 Å². The fraction of sp³-hybridized carbons (Fsp3) is 0.143. The minimum atomic E-state index is -3.60. The van der Waals surface area contributed by atoms with Gasteiger partial charge in [-0.25, -0.2) is 12.8 Å². The third kappa shape index (κ3) is 3.48. The number of halogens is 1. The van der Waals surface area contributed by atoms with Crippen molar-refractivity contribution in [3.05, 3.63) is 59.4 Å². The number of rotatable bonds is 4. The molecule has 0 amide bonds. The van der Waals surface area contributed by atoms with E-state index in [1.807, 2.05) is 0 Å². The van der Waals surface area contributed by atoms with Crippen LogP contribution in [-0.4, -0.2) is 8.42 Å². The van der Waals surface area contributed by atoms with Crippen LogP contribution in [0.1, 0.15) is 11.1 Å². The van der Waals surface area contributed by atoms with Crippen molar-refractivity contribution in [3.8, 4) is 0 Å². The summed E-state index contributed by atoms with van der Waals surface area (Å²) in [5.74, 6) is -0.631. The lowest BCUT2D eigenvalue weighted by atomic mass is 10.2. The molecule has 0 bridgehead atoms. The molecule has 2 aromatic rings. The van der Waals surface area contributed by atoms with Crippen molar-refractivity contribution < 1.29 is 12.8 Å². The molecule has 0 saturated carbocycles. The van der Waals surface area contributed by atoms with Crippen molar-refractivity contribution in [3.63, 3.8) is 0 Å². The van der Waals surface area contributed by atoms with Gasteiger partial charge in [-0.2, -0.15) is 0 Å². The smallest absolute Gasteiger partial charge is 0.237 e. The Hall–Kier alpha value is -2.08. The van der Waals surface area contributed by atoms with Crippen molar-refractivity contribution >= 4 is 21.4 Å². The van der Waals surface area contributed by atoms with Gasteiger partial charge in [-0.15, -0.1) is 0 Å². The fourth-order valence-electron chi connectivity index (χ4n) is 1.82. The van der Waals surface area contributed by atoms with Gasteiger partial charge in [0.25, 0.3) is 0 Å². The zero-order valence-corrected chi connectivity index (χ0v) is 11.7. The highest BCUT2D eigenvalue weighted by Gasteiger charge is 2.14. The number of benzene rings is 2. The monoisotopic (exact) mass is 294 g/mol. The van der Waals surface area contributed by atoms with Gasteiger partial charge in [-0.3, -0.25) is 4.72 Å². The van der Waals surface area contributed by atoms with Gasteiger partial charge in [0.05, 0.1) is 11.4 Å². The summed E-state index contributed by atoms with van der Waals surface area (Å²) in [6, 6.07) is 10.7. The molecule has 4 nitrogen and oxygen atoms in total. The third-order valence-electron chi connectivity index (χ3n) is 2.85. The molecule has 0 aliphatic rings. The van der Waals surface area contributed by atoms with Crippen LogP contribution < -0.4 is 10.5 Å². The van der Waals surface area contributed by atoms with E-state index in [9.17, 15) is 12.8 Å². The highest BCUT2D eigenvalue weighted by Crippen LogP contribution is 2.20. The molecule has 0 heterocycles. The van der Waals surface area contributed by atoms with E-state index in [2.05, 4.69) is 4.72 Å². The van der Waals surface area contributed by atoms with Crippen molar-refractivity contribution in [2.24, 2.45) is 0 Å². The topological polar surface area (TPSA) is 72.2 Å². The van der Waals surface area contributed by atoms with Crippen LogP contribution in [-0.2, 0) is 15.8 Å². The summed E-state index contributed by atoms with van der Waals surface area (Å²) in [6.07, 6.45) is 0. The van der Waals surface area contributed by atoms with Gasteiger partial charge in [-0.05, 0) is 42.3 Å². The minimum absolute atomic E-state index is 0.226. The van der Waals surface area contributed by atoms with E-state index in [4.69, 9.17) is 5.73 Å². The van der Waals surface area contributed by atoms with Crippen LogP contribution in [0.5, 0.6) is 0 Å². The van der Waals surface area contributed by atoms with Gasteiger partial charge in [0.2, 0.25) is 10.0 Å². The predicted molar refractivity (Wildman–Crippen MR) is 78.2 cm³/mol. The first-order valence-electron chi connectivity index (χ1n) is 5.97. The first-order chi connectivity index (χ1) is 9.37. The molecule has 0 unspecified atom stereocenters. The van der Waals surface area contributed by atoms with E-state index >= 15 is 0 Å². The number of hydrogen-bond acceptors (Lipinski definition) is 3. The molecule has 0 aliphatic heterocycles. The molecule has 3 N–H and O–H groups in total. The summed E-state index contributed by atoms with van der Waals surface area (Å²) in [7, 11) is -3.60. The SMILES string of the molecule is Cc1cc(F)ccc1NS(=O)(=O)Cc1ccccc1N. The number of nitrogens with one attached hydrogen (secondary N) is 1. The zero-order valence-electron chi connectivity index (χ0n) is 10.9. The molecule has 0 aliphatic carbocycles. The van der Waals surface area contributed by atoms with Gasteiger partial charge in [-0.1, -0.05) is 18.2 Å². The molecule has 2 aromatic carbocycles. The number of nitrogen functional groups attached to an aromatic ring is 1. The number of nitrogens with two attached hydrogens (primary N) is 1. The predicted octanol–water partition coefficient (Wildman–Crippen LogP) is 2.66. The van der Waals surface area contributed by atoms with E-state index < -0.39 is 15.8 Å². The lowest BCUT2D eigenvalue weighted by Gasteiger charge is -2.11. The molecular formula is C14H15FN2O2S. The number of para-hydroxylation sites is 1. The molecule has 0 atom stereocenters. The Balaban J connectivity index is 2.22. The van der Waals surface area contributed by atoms with Crippen LogP contribution in [0.25, 0.3) is 0 Å². The Morgan fingerprint density at radius 3 is 2.55 bits per heavy atom. The molecule has 106 valence electrons. The summed E-state index contributed by atoms with van der Waals surface area (Å²) >= 11 is 0. The van der Waals surface area contributed by atoms with Crippen LogP contribution in [0.4, 0.5) is 15.8 Å². The second-order valence-electron chi connectivity index (χ2n) is 4.52. The van der Waals surface area contributed by atoms with Gasteiger partial charge in [0.1, 0.15) is 5.82 Å². The van der Waals surface area contributed by atoms with Crippen LogP contribution >= 0.6 is 0 Å². The summed E-state index contributed by atoms with van der Waals surface area (Å²) in [4.78, 5) is 0.